The molecular formula is C9H12N4O2S. The summed E-state index contributed by atoms with van der Waals surface area (Å²) in [5.74, 6) is 0.113. The van der Waals surface area contributed by atoms with Gasteiger partial charge in [0.25, 0.3) is 0 Å². The van der Waals surface area contributed by atoms with Gasteiger partial charge in [0, 0.05) is 7.11 Å². The van der Waals surface area contributed by atoms with Crippen molar-refractivity contribution >= 4 is 23.5 Å². The first kappa shape index (κ1) is 12.3. The molecule has 0 aliphatic carbocycles. The van der Waals surface area contributed by atoms with E-state index in [1.165, 1.54) is 18.5 Å². The molecule has 1 heterocycles. The van der Waals surface area contributed by atoms with Crippen LogP contribution in [0, 0.1) is 0 Å². The lowest BCUT2D eigenvalue weighted by molar-refractivity contribution is 0.192. The van der Waals surface area contributed by atoms with Gasteiger partial charge in [-0.15, -0.1) is 0 Å². The number of nitrogens with zero attached hydrogens (tertiary/aromatic N) is 2. The maximum Gasteiger partial charge on any atom is 0.188 e. The van der Waals surface area contributed by atoms with E-state index in [4.69, 9.17) is 22.1 Å². The number of aromatic nitrogens is 1. The minimum atomic E-state index is 0.113. The van der Waals surface area contributed by atoms with Gasteiger partial charge in [-0.25, -0.2) is 0 Å². The molecule has 0 amide bonds. The van der Waals surface area contributed by atoms with Crippen LogP contribution >= 0.6 is 12.2 Å². The van der Waals surface area contributed by atoms with Gasteiger partial charge in [0.1, 0.15) is 12.5 Å². The second kappa shape index (κ2) is 6.70. The summed E-state index contributed by atoms with van der Waals surface area (Å²) < 4.78 is 4.76. The topological polar surface area (TPSA) is 78.8 Å². The molecule has 1 rings (SSSR count). The zero-order chi connectivity index (χ0) is 11.8. The normalized spacial score (nSPS) is 10.3. The van der Waals surface area contributed by atoms with E-state index < -0.39 is 0 Å². The molecule has 0 fully saturated rings. The number of ether oxygens (including phenoxy) is 1. The third-order valence-electron chi connectivity index (χ3n) is 1.51. The Bertz CT molecular complexity index is 366. The van der Waals surface area contributed by atoms with Crippen molar-refractivity contribution in [1.29, 1.82) is 0 Å². The third-order valence-corrected chi connectivity index (χ3v) is 1.75. The Morgan fingerprint density at radius 1 is 1.69 bits per heavy atom. The third kappa shape index (κ3) is 4.67. The molecule has 0 atom stereocenters. The van der Waals surface area contributed by atoms with Crippen LogP contribution < -0.4 is 10.7 Å². The maximum absolute atomic E-state index is 9.00. The first-order chi connectivity index (χ1) is 7.72. The first-order valence-corrected chi connectivity index (χ1v) is 4.84. The standard InChI is InChI=1S/C9H12N4O2S/c1-15-6-11-9(16)13-12-4-7-2-3-8(14)5-10-7/h2-5,14H,6H2,1H3,(H2,11,13,16). The zero-order valence-electron chi connectivity index (χ0n) is 8.67. The molecule has 1 aromatic heterocycles. The number of methoxy groups -OCH3 is 1. The predicted octanol–water partition coefficient (Wildman–Crippen LogP) is 0.189. The lowest BCUT2D eigenvalue weighted by atomic mass is 10.4. The molecule has 7 heteroatoms. The quantitative estimate of drug-likeness (QED) is 0.302. The first-order valence-electron chi connectivity index (χ1n) is 4.43. The van der Waals surface area contributed by atoms with E-state index in [9.17, 15) is 0 Å². The maximum atomic E-state index is 9.00. The smallest absolute Gasteiger partial charge is 0.188 e. The summed E-state index contributed by atoms with van der Waals surface area (Å²) >= 11 is 4.88. The number of thiocarbonyl (C=S) groups is 1. The van der Waals surface area contributed by atoms with Gasteiger partial charge < -0.3 is 15.2 Å². The number of pyridine rings is 1. The van der Waals surface area contributed by atoms with E-state index in [0.717, 1.165) is 0 Å². The van der Waals surface area contributed by atoms with Crippen molar-refractivity contribution in [2.75, 3.05) is 13.8 Å². The van der Waals surface area contributed by atoms with E-state index in [1.807, 2.05) is 0 Å². The second-order valence-electron chi connectivity index (χ2n) is 2.75. The largest absolute Gasteiger partial charge is 0.506 e. The van der Waals surface area contributed by atoms with Crippen molar-refractivity contribution in [2.24, 2.45) is 5.10 Å². The summed E-state index contributed by atoms with van der Waals surface area (Å²) in [5.41, 5.74) is 3.20. The van der Waals surface area contributed by atoms with Crippen LogP contribution in [0.15, 0.2) is 23.4 Å². The molecule has 16 heavy (non-hydrogen) atoms. The Morgan fingerprint density at radius 2 is 2.50 bits per heavy atom. The van der Waals surface area contributed by atoms with E-state index in [2.05, 4.69) is 20.8 Å². The molecule has 0 aliphatic heterocycles. The summed E-state index contributed by atoms with van der Waals surface area (Å²) in [6.45, 7) is 0.318. The molecule has 0 radical (unpaired) electrons. The van der Waals surface area contributed by atoms with Crippen molar-refractivity contribution in [3.8, 4) is 5.75 Å². The van der Waals surface area contributed by atoms with E-state index in [0.29, 0.717) is 17.5 Å². The molecule has 3 N–H and O–H groups in total. The molecule has 0 saturated heterocycles. The molecular weight excluding hydrogens is 228 g/mol. The summed E-state index contributed by atoms with van der Waals surface area (Å²) in [7, 11) is 1.55. The van der Waals surface area contributed by atoms with Crippen molar-refractivity contribution in [3.05, 3.63) is 24.0 Å². The van der Waals surface area contributed by atoms with Crippen LogP contribution in [0.3, 0.4) is 0 Å². The Balaban J connectivity index is 2.37. The number of rotatable bonds is 4. The number of hydrogen-bond donors (Lipinski definition) is 3. The van der Waals surface area contributed by atoms with Crippen LogP contribution in [0.5, 0.6) is 5.75 Å². The molecule has 0 aliphatic rings. The summed E-state index contributed by atoms with van der Waals surface area (Å²) in [6.07, 6.45) is 2.82. The Labute approximate surface area is 98.3 Å². The molecule has 0 aromatic carbocycles. The van der Waals surface area contributed by atoms with Crippen molar-refractivity contribution in [3.63, 3.8) is 0 Å². The van der Waals surface area contributed by atoms with Crippen molar-refractivity contribution in [2.45, 2.75) is 0 Å². The Kier molecular flexibility index (Phi) is 5.17. The number of hydrazone groups is 1. The Morgan fingerprint density at radius 3 is 3.12 bits per heavy atom. The molecule has 0 bridgehead atoms. The number of hydrogen-bond acceptors (Lipinski definition) is 5. The number of nitrogens with one attached hydrogen (secondary N) is 2. The number of aromatic hydroxyl groups is 1. The highest BCUT2D eigenvalue weighted by Crippen LogP contribution is 2.03. The fourth-order valence-corrected chi connectivity index (χ4v) is 0.920. The summed E-state index contributed by atoms with van der Waals surface area (Å²) in [4.78, 5) is 3.91. The minimum Gasteiger partial charge on any atom is -0.506 e. The fraction of sp³-hybridized carbons (Fsp3) is 0.222. The highest BCUT2D eigenvalue weighted by molar-refractivity contribution is 7.80. The molecule has 1 aromatic rings. The molecule has 86 valence electrons. The van der Waals surface area contributed by atoms with Gasteiger partial charge in [0.15, 0.2) is 5.11 Å². The van der Waals surface area contributed by atoms with Crippen LogP contribution in [-0.4, -0.2) is 35.3 Å². The van der Waals surface area contributed by atoms with Gasteiger partial charge in [0.2, 0.25) is 0 Å². The van der Waals surface area contributed by atoms with Crippen molar-refractivity contribution < 1.29 is 9.84 Å². The average Bonchev–Trinajstić information content (AvgIpc) is 2.29. The molecule has 0 saturated carbocycles. The molecule has 0 spiro atoms. The highest BCUT2D eigenvalue weighted by atomic mass is 32.1. The summed E-state index contributed by atoms with van der Waals surface area (Å²) in [6, 6.07) is 3.15. The van der Waals surface area contributed by atoms with Gasteiger partial charge in [-0.2, -0.15) is 5.10 Å². The van der Waals surface area contributed by atoms with Gasteiger partial charge in [-0.05, 0) is 24.4 Å². The fourth-order valence-electron chi connectivity index (χ4n) is 0.808. The van der Waals surface area contributed by atoms with Gasteiger partial charge in [-0.3, -0.25) is 10.4 Å². The lowest BCUT2D eigenvalue weighted by Gasteiger charge is -2.04. The van der Waals surface area contributed by atoms with Crippen LogP contribution in [0.2, 0.25) is 0 Å². The minimum absolute atomic E-state index is 0.113. The van der Waals surface area contributed by atoms with Crippen LogP contribution in [0.1, 0.15) is 5.69 Å². The SMILES string of the molecule is COCNC(=S)NN=Cc1ccc(O)cn1. The Hall–Kier alpha value is -1.73. The van der Waals surface area contributed by atoms with Crippen LogP contribution in [0.4, 0.5) is 0 Å². The average molecular weight is 240 g/mol. The predicted molar refractivity (Wildman–Crippen MR) is 64.2 cm³/mol. The van der Waals surface area contributed by atoms with Crippen LogP contribution in [0.25, 0.3) is 0 Å². The lowest BCUT2D eigenvalue weighted by Crippen LogP contribution is -2.33. The molecule has 6 nitrogen and oxygen atoms in total. The van der Waals surface area contributed by atoms with Crippen LogP contribution in [-0.2, 0) is 4.74 Å². The van der Waals surface area contributed by atoms with Gasteiger partial charge in [-0.1, -0.05) is 0 Å². The van der Waals surface area contributed by atoms with E-state index >= 15 is 0 Å². The van der Waals surface area contributed by atoms with Gasteiger partial charge in [0.05, 0.1) is 18.1 Å². The monoisotopic (exact) mass is 240 g/mol. The second-order valence-corrected chi connectivity index (χ2v) is 3.16. The van der Waals surface area contributed by atoms with E-state index in [1.54, 1.807) is 13.2 Å². The van der Waals surface area contributed by atoms with E-state index in [-0.39, 0.29) is 5.75 Å². The zero-order valence-corrected chi connectivity index (χ0v) is 9.49. The highest BCUT2D eigenvalue weighted by Gasteiger charge is 1.92. The molecule has 0 unspecified atom stereocenters. The van der Waals surface area contributed by atoms with Gasteiger partial charge >= 0.3 is 0 Å². The van der Waals surface area contributed by atoms with Crippen molar-refractivity contribution in [1.82, 2.24) is 15.7 Å². The summed E-state index contributed by atoms with van der Waals surface area (Å²) in [5, 5.41) is 16.0.